The van der Waals surface area contributed by atoms with Crippen molar-refractivity contribution in [3.63, 3.8) is 0 Å². The number of nitro groups is 1. The van der Waals surface area contributed by atoms with Crippen molar-refractivity contribution >= 4 is 0 Å². The highest BCUT2D eigenvalue weighted by Crippen LogP contribution is 2.28. The molecule has 2 aliphatic rings. The first-order valence-corrected chi connectivity index (χ1v) is 3.87. The Kier molecular flexibility index (Phi) is 1.69. The summed E-state index contributed by atoms with van der Waals surface area (Å²) in [5, 5.41) is 10.6. The van der Waals surface area contributed by atoms with Crippen molar-refractivity contribution in [3.05, 3.63) is 33.9 Å². The summed E-state index contributed by atoms with van der Waals surface area (Å²) in [6, 6.07) is -0.576. The van der Waals surface area contributed by atoms with Gasteiger partial charge < -0.3 is 4.74 Å². The standard InChI is InChI=1S/C8H9NO3/c10-9(11)8-3-1-2-6-4-12-5-7(6)8/h1-3,7-8H,4-5H2. The van der Waals surface area contributed by atoms with E-state index >= 15 is 0 Å². The third-order valence-electron chi connectivity index (χ3n) is 2.32. The SMILES string of the molecule is O=[N+]([O-])C1C=CC=C2COCC21. The van der Waals surface area contributed by atoms with Crippen molar-refractivity contribution in [1.82, 2.24) is 0 Å². The predicted octanol–water partition coefficient (Wildman–Crippen LogP) is 0.774. The van der Waals surface area contributed by atoms with Crippen LogP contribution in [-0.4, -0.2) is 24.2 Å². The van der Waals surface area contributed by atoms with E-state index in [4.69, 9.17) is 4.74 Å². The van der Waals surface area contributed by atoms with Crippen LogP contribution in [0.3, 0.4) is 0 Å². The van der Waals surface area contributed by atoms with E-state index in [2.05, 4.69) is 0 Å². The van der Waals surface area contributed by atoms with E-state index < -0.39 is 6.04 Å². The summed E-state index contributed by atoms with van der Waals surface area (Å²) in [5.41, 5.74) is 1.05. The summed E-state index contributed by atoms with van der Waals surface area (Å²) < 4.78 is 5.16. The van der Waals surface area contributed by atoms with Crippen LogP contribution in [0, 0.1) is 16.0 Å². The minimum Gasteiger partial charge on any atom is -0.376 e. The molecule has 1 saturated heterocycles. The van der Waals surface area contributed by atoms with Crippen LogP contribution in [0.4, 0.5) is 0 Å². The summed E-state index contributed by atoms with van der Waals surface area (Å²) >= 11 is 0. The molecule has 1 fully saturated rings. The van der Waals surface area contributed by atoms with Crippen LogP contribution in [0.2, 0.25) is 0 Å². The molecule has 64 valence electrons. The fourth-order valence-corrected chi connectivity index (χ4v) is 1.65. The molecule has 1 aliphatic heterocycles. The van der Waals surface area contributed by atoms with Gasteiger partial charge in [0.15, 0.2) is 0 Å². The van der Waals surface area contributed by atoms with Crippen molar-refractivity contribution in [2.24, 2.45) is 5.92 Å². The molecule has 0 spiro atoms. The van der Waals surface area contributed by atoms with Crippen LogP contribution in [-0.2, 0) is 4.74 Å². The fourth-order valence-electron chi connectivity index (χ4n) is 1.65. The van der Waals surface area contributed by atoms with Crippen molar-refractivity contribution in [2.45, 2.75) is 6.04 Å². The van der Waals surface area contributed by atoms with E-state index in [1.54, 1.807) is 12.2 Å². The van der Waals surface area contributed by atoms with Gasteiger partial charge in [0, 0.05) is 4.92 Å². The molecule has 2 rings (SSSR count). The minimum absolute atomic E-state index is 0.0231. The molecule has 0 aromatic carbocycles. The van der Waals surface area contributed by atoms with Crippen molar-refractivity contribution in [2.75, 3.05) is 13.2 Å². The lowest BCUT2D eigenvalue weighted by molar-refractivity contribution is -0.516. The van der Waals surface area contributed by atoms with Gasteiger partial charge in [-0.05, 0) is 11.6 Å². The second-order valence-electron chi connectivity index (χ2n) is 3.02. The van der Waals surface area contributed by atoms with E-state index in [0.29, 0.717) is 13.2 Å². The Hall–Kier alpha value is -1.16. The summed E-state index contributed by atoms with van der Waals surface area (Å²) in [4.78, 5) is 10.3. The first-order valence-electron chi connectivity index (χ1n) is 3.87. The van der Waals surface area contributed by atoms with E-state index in [-0.39, 0.29) is 10.8 Å². The maximum Gasteiger partial charge on any atom is 0.240 e. The number of nitrogens with zero attached hydrogens (tertiary/aromatic N) is 1. The number of fused-ring (bicyclic) bond motifs is 1. The lowest BCUT2D eigenvalue weighted by Crippen LogP contribution is -2.29. The molecule has 0 saturated carbocycles. The van der Waals surface area contributed by atoms with E-state index in [0.717, 1.165) is 5.57 Å². The molecule has 0 amide bonds. The first kappa shape index (κ1) is 7.49. The number of hydrogen-bond acceptors (Lipinski definition) is 3. The van der Waals surface area contributed by atoms with E-state index in [1.807, 2.05) is 6.08 Å². The van der Waals surface area contributed by atoms with Crippen LogP contribution in [0.1, 0.15) is 0 Å². The Morgan fingerprint density at radius 1 is 1.67 bits per heavy atom. The van der Waals surface area contributed by atoms with Gasteiger partial charge in [0.05, 0.1) is 19.1 Å². The van der Waals surface area contributed by atoms with Crippen molar-refractivity contribution < 1.29 is 9.66 Å². The summed E-state index contributed by atoms with van der Waals surface area (Å²) in [6.45, 7) is 1.04. The third kappa shape index (κ3) is 1.04. The van der Waals surface area contributed by atoms with E-state index in [9.17, 15) is 10.1 Å². The van der Waals surface area contributed by atoms with Crippen LogP contribution in [0.5, 0.6) is 0 Å². The Morgan fingerprint density at radius 3 is 3.25 bits per heavy atom. The number of allylic oxidation sites excluding steroid dienone is 2. The topological polar surface area (TPSA) is 52.4 Å². The molecule has 1 aliphatic carbocycles. The molecule has 2 atom stereocenters. The highest BCUT2D eigenvalue weighted by molar-refractivity contribution is 5.26. The average Bonchev–Trinajstić information content (AvgIpc) is 2.49. The van der Waals surface area contributed by atoms with Gasteiger partial charge in [-0.25, -0.2) is 0 Å². The molecular weight excluding hydrogens is 158 g/mol. The quantitative estimate of drug-likeness (QED) is 0.428. The van der Waals surface area contributed by atoms with Gasteiger partial charge in [0.1, 0.15) is 0 Å². The zero-order chi connectivity index (χ0) is 8.55. The van der Waals surface area contributed by atoms with Gasteiger partial charge in [-0.15, -0.1) is 0 Å². The monoisotopic (exact) mass is 167 g/mol. The highest BCUT2D eigenvalue weighted by atomic mass is 16.6. The number of hydrogen-bond donors (Lipinski definition) is 0. The van der Waals surface area contributed by atoms with Crippen LogP contribution >= 0.6 is 0 Å². The summed E-state index contributed by atoms with van der Waals surface area (Å²) in [5.74, 6) is -0.0231. The second-order valence-corrected chi connectivity index (χ2v) is 3.02. The smallest absolute Gasteiger partial charge is 0.240 e. The molecule has 0 radical (unpaired) electrons. The van der Waals surface area contributed by atoms with Crippen LogP contribution in [0.15, 0.2) is 23.8 Å². The molecule has 0 aromatic heterocycles. The minimum atomic E-state index is -0.576. The predicted molar refractivity (Wildman–Crippen MR) is 42.3 cm³/mol. The Labute approximate surface area is 69.7 Å². The van der Waals surface area contributed by atoms with E-state index in [1.165, 1.54) is 0 Å². The molecule has 1 heterocycles. The van der Waals surface area contributed by atoms with Gasteiger partial charge in [0.25, 0.3) is 0 Å². The Balaban J connectivity index is 2.24. The molecule has 0 bridgehead atoms. The second kappa shape index (κ2) is 2.71. The van der Waals surface area contributed by atoms with Crippen molar-refractivity contribution in [3.8, 4) is 0 Å². The van der Waals surface area contributed by atoms with Crippen molar-refractivity contribution in [1.29, 1.82) is 0 Å². The highest BCUT2D eigenvalue weighted by Gasteiger charge is 2.37. The molecule has 4 nitrogen and oxygen atoms in total. The van der Waals surface area contributed by atoms with Gasteiger partial charge in [-0.2, -0.15) is 0 Å². The Bertz CT molecular complexity index is 269. The zero-order valence-electron chi connectivity index (χ0n) is 6.47. The normalized spacial score (nSPS) is 32.8. The molecule has 12 heavy (non-hydrogen) atoms. The lowest BCUT2D eigenvalue weighted by Gasteiger charge is -2.15. The van der Waals surface area contributed by atoms with Crippen LogP contribution < -0.4 is 0 Å². The first-order chi connectivity index (χ1) is 5.79. The molecule has 2 unspecified atom stereocenters. The average molecular weight is 167 g/mol. The number of rotatable bonds is 1. The van der Waals surface area contributed by atoms with Gasteiger partial charge >= 0.3 is 0 Å². The van der Waals surface area contributed by atoms with Gasteiger partial charge in [-0.1, -0.05) is 12.2 Å². The Morgan fingerprint density at radius 2 is 2.50 bits per heavy atom. The summed E-state index contributed by atoms with van der Waals surface area (Å²) in [7, 11) is 0. The fraction of sp³-hybridized carbons (Fsp3) is 0.500. The molecular formula is C8H9NO3. The third-order valence-corrected chi connectivity index (χ3v) is 2.32. The van der Waals surface area contributed by atoms with Gasteiger partial charge in [0.2, 0.25) is 6.04 Å². The maximum absolute atomic E-state index is 10.6. The lowest BCUT2D eigenvalue weighted by atomic mass is 9.90. The zero-order valence-corrected chi connectivity index (χ0v) is 6.47. The molecule has 0 aromatic rings. The van der Waals surface area contributed by atoms with Crippen LogP contribution in [0.25, 0.3) is 0 Å². The molecule has 4 heteroatoms. The largest absolute Gasteiger partial charge is 0.376 e. The maximum atomic E-state index is 10.6. The molecule has 0 N–H and O–H groups in total. The van der Waals surface area contributed by atoms with Gasteiger partial charge in [-0.3, -0.25) is 10.1 Å². The number of ether oxygens (including phenoxy) is 1. The summed E-state index contributed by atoms with van der Waals surface area (Å²) in [6.07, 6.45) is 5.29.